The van der Waals surface area contributed by atoms with Gasteiger partial charge in [-0.2, -0.15) is 5.10 Å². The second kappa shape index (κ2) is 4.51. The smallest absolute Gasteiger partial charge is 0.256 e. The number of hydrogen-bond donors (Lipinski definition) is 2. The third-order valence-electron chi connectivity index (χ3n) is 3.47. The highest BCUT2D eigenvalue weighted by atomic mass is 16.5. The lowest BCUT2D eigenvalue weighted by atomic mass is 10.1. The van der Waals surface area contributed by atoms with Crippen molar-refractivity contribution >= 4 is 11.7 Å². The topological polar surface area (TPSA) is 67.0 Å². The number of H-pyrrole nitrogens is 1. The summed E-state index contributed by atoms with van der Waals surface area (Å²) < 4.78 is 5.34. The molecule has 0 spiro atoms. The second-order valence-electron chi connectivity index (χ2n) is 4.75. The van der Waals surface area contributed by atoms with Gasteiger partial charge in [0.25, 0.3) is 5.91 Å². The summed E-state index contributed by atoms with van der Waals surface area (Å²) in [4.78, 5) is 12.2. The molecular formula is C14H15N3O2. The van der Waals surface area contributed by atoms with Crippen LogP contribution in [0.5, 0.6) is 0 Å². The van der Waals surface area contributed by atoms with Crippen LogP contribution in [0.4, 0.5) is 5.82 Å². The first-order chi connectivity index (χ1) is 9.15. The van der Waals surface area contributed by atoms with Gasteiger partial charge in [0, 0.05) is 16.8 Å². The Hall–Kier alpha value is -2.14. The van der Waals surface area contributed by atoms with Gasteiger partial charge in [0.1, 0.15) is 0 Å². The zero-order valence-corrected chi connectivity index (χ0v) is 10.9. The molecule has 2 N–H and O–H groups in total. The summed E-state index contributed by atoms with van der Waals surface area (Å²) in [6.45, 7) is 5.06. The van der Waals surface area contributed by atoms with E-state index in [0.717, 1.165) is 22.4 Å². The number of benzene rings is 1. The number of fused-ring (bicyclic) bond motifs is 1. The number of aryl methyl sites for hydroxylation is 1. The molecule has 1 amide bonds. The number of ether oxygens (including phenoxy) is 1. The lowest BCUT2D eigenvalue weighted by molar-refractivity contribution is 0.102. The third kappa shape index (κ3) is 2.13. The first-order valence-corrected chi connectivity index (χ1v) is 6.17. The molecule has 0 atom stereocenters. The predicted octanol–water partition coefficient (Wildman–Crippen LogP) is 2.31. The number of hydrogen-bond acceptors (Lipinski definition) is 3. The summed E-state index contributed by atoms with van der Waals surface area (Å²) in [5.74, 6) is 0.434. The van der Waals surface area contributed by atoms with Crippen LogP contribution in [0.15, 0.2) is 18.2 Å². The van der Waals surface area contributed by atoms with Gasteiger partial charge in [0.15, 0.2) is 5.82 Å². The molecule has 0 fully saturated rings. The number of carbonyl (C=O) groups excluding carboxylic acids is 1. The molecule has 0 saturated carbocycles. The van der Waals surface area contributed by atoms with Crippen molar-refractivity contribution in [2.24, 2.45) is 0 Å². The molecule has 0 unspecified atom stereocenters. The summed E-state index contributed by atoms with van der Waals surface area (Å²) >= 11 is 0. The van der Waals surface area contributed by atoms with Crippen LogP contribution in [0.2, 0.25) is 0 Å². The highest BCUT2D eigenvalue weighted by molar-refractivity contribution is 6.04. The molecule has 1 aliphatic heterocycles. The molecule has 5 nitrogen and oxygen atoms in total. The van der Waals surface area contributed by atoms with Gasteiger partial charge in [-0.25, -0.2) is 0 Å². The van der Waals surface area contributed by atoms with Crippen LogP contribution in [0.25, 0.3) is 0 Å². The zero-order valence-electron chi connectivity index (χ0n) is 10.9. The van der Waals surface area contributed by atoms with Gasteiger partial charge in [-0.3, -0.25) is 9.89 Å². The molecule has 19 heavy (non-hydrogen) atoms. The predicted molar refractivity (Wildman–Crippen MR) is 70.9 cm³/mol. The van der Waals surface area contributed by atoms with Crippen molar-refractivity contribution in [3.05, 3.63) is 46.1 Å². The van der Waals surface area contributed by atoms with Crippen LogP contribution in [-0.2, 0) is 18.0 Å². The Morgan fingerprint density at radius 2 is 2.11 bits per heavy atom. The second-order valence-corrected chi connectivity index (χ2v) is 4.75. The van der Waals surface area contributed by atoms with E-state index in [1.54, 1.807) is 0 Å². The van der Waals surface area contributed by atoms with E-state index in [2.05, 4.69) is 15.5 Å². The van der Waals surface area contributed by atoms with Crippen LogP contribution >= 0.6 is 0 Å². The van der Waals surface area contributed by atoms with Crippen molar-refractivity contribution in [3.63, 3.8) is 0 Å². The minimum Gasteiger partial charge on any atom is -0.372 e. The standard InChI is InChI=1S/C14H15N3O2/c1-8-9(2)16-17-13(8)15-14(18)10-3-4-11-6-19-7-12(11)5-10/h3-5H,6-7H2,1-2H3,(H2,15,16,17,18). The van der Waals surface area contributed by atoms with Gasteiger partial charge >= 0.3 is 0 Å². The van der Waals surface area contributed by atoms with Gasteiger partial charge in [-0.1, -0.05) is 6.07 Å². The van der Waals surface area contributed by atoms with Crippen molar-refractivity contribution in [1.82, 2.24) is 10.2 Å². The molecule has 1 aromatic carbocycles. The maximum absolute atomic E-state index is 12.2. The van der Waals surface area contributed by atoms with E-state index in [9.17, 15) is 4.79 Å². The number of nitrogens with zero attached hydrogens (tertiary/aromatic N) is 1. The average molecular weight is 257 g/mol. The van der Waals surface area contributed by atoms with E-state index in [4.69, 9.17) is 4.74 Å². The van der Waals surface area contributed by atoms with Crippen LogP contribution in [0.1, 0.15) is 32.7 Å². The first-order valence-electron chi connectivity index (χ1n) is 6.17. The van der Waals surface area contributed by atoms with Crippen molar-refractivity contribution in [2.75, 3.05) is 5.32 Å². The Morgan fingerprint density at radius 3 is 2.84 bits per heavy atom. The lowest BCUT2D eigenvalue weighted by Gasteiger charge is -2.05. The number of aromatic nitrogens is 2. The molecular weight excluding hydrogens is 242 g/mol. The SMILES string of the molecule is Cc1[nH]nc(NC(=O)c2ccc3c(c2)COC3)c1C. The summed E-state index contributed by atoms with van der Waals surface area (Å²) in [5.41, 5.74) is 4.78. The summed E-state index contributed by atoms with van der Waals surface area (Å²) in [7, 11) is 0. The molecule has 98 valence electrons. The minimum absolute atomic E-state index is 0.149. The zero-order chi connectivity index (χ0) is 13.4. The number of anilines is 1. The largest absolute Gasteiger partial charge is 0.372 e. The molecule has 1 aromatic heterocycles. The number of rotatable bonds is 2. The highest BCUT2D eigenvalue weighted by Gasteiger charge is 2.16. The van der Waals surface area contributed by atoms with Crippen LogP contribution in [-0.4, -0.2) is 16.1 Å². The fourth-order valence-electron chi connectivity index (χ4n) is 2.10. The highest BCUT2D eigenvalue weighted by Crippen LogP contribution is 2.22. The van der Waals surface area contributed by atoms with Gasteiger partial charge in [0.2, 0.25) is 0 Å². The fourth-order valence-corrected chi connectivity index (χ4v) is 2.10. The van der Waals surface area contributed by atoms with Crippen molar-refractivity contribution in [3.8, 4) is 0 Å². The Balaban J connectivity index is 1.83. The maximum atomic E-state index is 12.2. The van der Waals surface area contributed by atoms with E-state index >= 15 is 0 Å². The van der Waals surface area contributed by atoms with E-state index in [0.29, 0.717) is 24.6 Å². The summed E-state index contributed by atoms with van der Waals surface area (Å²) in [6.07, 6.45) is 0. The molecule has 5 heteroatoms. The lowest BCUT2D eigenvalue weighted by Crippen LogP contribution is -2.13. The van der Waals surface area contributed by atoms with E-state index < -0.39 is 0 Å². The molecule has 3 rings (SSSR count). The fraction of sp³-hybridized carbons (Fsp3) is 0.286. The number of aromatic amines is 1. The van der Waals surface area contributed by atoms with Crippen LogP contribution in [0.3, 0.4) is 0 Å². The first kappa shape index (κ1) is 11.9. The number of carbonyl (C=O) groups is 1. The van der Waals surface area contributed by atoms with Gasteiger partial charge in [-0.15, -0.1) is 0 Å². The normalized spacial score (nSPS) is 13.4. The molecule has 0 saturated heterocycles. The molecule has 2 aromatic rings. The van der Waals surface area contributed by atoms with Crippen molar-refractivity contribution < 1.29 is 9.53 Å². The molecule has 0 bridgehead atoms. The quantitative estimate of drug-likeness (QED) is 0.867. The maximum Gasteiger partial charge on any atom is 0.256 e. The average Bonchev–Trinajstić information content (AvgIpc) is 2.99. The third-order valence-corrected chi connectivity index (χ3v) is 3.47. The minimum atomic E-state index is -0.149. The number of nitrogens with one attached hydrogen (secondary N) is 2. The molecule has 0 aliphatic carbocycles. The Labute approximate surface area is 111 Å². The van der Waals surface area contributed by atoms with E-state index in [1.165, 1.54) is 0 Å². The summed E-state index contributed by atoms with van der Waals surface area (Å²) in [6, 6.07) is 5.64. The summed E-state index contributed by atoms with van der Waals surface area (Å²) in [5, 5.41) is 9.74. The van der Waals surface area contributed by atoms with E-state index in [-0.39, 0.29) is 5.91 Å². The van der Waals surface area contributed by atoms with Crippen LogP contribution < -0.4 is 5.32 Å². The Kier molecular flexibility index (Phi) is 2.83. The molecule has 1 aliphatic rings. The van der Waals surface area contributed by atoms with Crippen molar-refractivity contribution in [1.29, 1.82) is 0 Å². The van der Waals surface area contributed by atoms with Crippen molar-refractivity contribution in [2.45, 2.75) is 27.1 Å². The van der Waals surface area contributed by atoms with Gasteiger partial charge < -0.3 is 10.1 Å². The molecule has 0 radical (unpaired) electrons. The molecule has 2 heterocycles. The Bertz CT molecular complexity index is 646. The van der Waals surface area contributed by atoms with E-state index in [1.807, 2.05) is 32.0 Å². The van der Waals surface area contributed by atoms with Gasteiger partial charge in [-0.05, 0) is 37.1 Å². The van der Waals surface area contributed by atoms with Crippen LogP contribution in [0, 0.1) is 13.8 Å². The number of amides is 1. The monoisotopic (exact) mass is 257 g/mol. The van der Waals surface area contributed by atoms with Gasteiger partial charge in [0.05, 0.1) is 13.2 Å². The Morgan fingerprint density at radius 1 is 1.32 bits per heavy atom.